The Kier molecular flexibility index (Phi) is 5.10. The average molecular weight is 294 g/mol. The fourth-order valence-corrected chi connectivity index (χ4v) is 2.26. The minimum atomic E-state index is -0.0248. The van der Waals surface area contributed by atoms with E-state index in [1.165, 1.54) is 0 Å². The van der Waals surface area contributed by atoms with Crippen LogP contribution in [-0.2, 0) is 0 Å². The highest BCUT2D eigenvalue weighted by Gasteiger charge is 2.17. The molecule has 0 aliphatic carbocycles. The first-order chi connectivity index (χ1) is 9.60. The van der Waals surface area contributed by atoms with Gasteiger partial charge < -0.3 is 14.5 Å². The zero-order chi connectivity index (χ0) is 14.5. The Morgan fingerprint density at radius 3 is 2.65 bits per heavy atom. The summed E-state index contributed by atoms with van der Waals surface area (Å²) in [4.78, 5) is 0. The summed E-state index contributed by atoms with van der Waals surface area (Å²) in [6, 6.07) is 11.7. The van der Waals surface area contributed by atoms with Crippen LogP contribution in [-0.4, -0.2) is 12.6 Å². The molecular formula is C16H20ClNO2. The average Bonchev–Trinajstić information content (AvgIpc) is 2.82. The second-order valence-corrected chi connectivity index (χ2v) is 5.24. The molecule has 2 aromatic rings. The maximum absolute atomic E-state index is 5.87. The van der Waals surface area contributed by atoms with Crippen LogP contribution in [0.5, 0.6) is 5.75 Å². The van der Waals surface area contributed by atoms with Crippen LogP contribution in [0.25, 0.3) is 0 Å². The number of halogens is 1. The molecule has 0 aliphatic rings. The first-order valence-electron chi connectivity index (χ1n) is 6.85. The van der Waals surface area contributed by atoms with Gasteiger partial charge in [-0.15, -0.1) is 0 Å². The largest absolute Gasteiger partial charge is 0.491 e. The van der Waals surface area contributed by atoms with Gasteiger partial charge in [0.15, 0.2) is 5.22 Å². The molecular weight excluding hydrogens is 274 g/mol. The van der Waals surface area contributed by atoms with Gasteiger partial charge in [0, 0.05) is 0 Å². The molecule has 1 unspecified atom stereocenters. The second kappa shape index (κ2) is 6.82. The van der Waals surface area contributed by atoms with E-state index in [4.69, 9.17) is 20.8 Å². The molecule has 1 N–H and O–H groups in total. The maximum atomic E-state index is 5.87. The molecule has 0 aliphatic heterocycles. The molecule has 1 atom stereocenters. The van der Waals surface area contributed by atoms with Crippen LogP contribution in [0, 0.1) is 0 Å². The zero-order valence-corrected chi connectivity index (χ0v) is 12.8. The van der Waals surface area contributed by atoms with Gasteiger partial charge in [-0.1, -0.05) is 19.1 Å². The first kappa shape index (κ1) is 14.9. The Morgan fingerprint density at radius 2 is 2.05 bits per heavy atom. The van der Waals surface area contributed by atoms with Gasteiger partial charge in [0.05, 0.1) is 12.1 Å². The van der Waals surface area contributed by atoms with Crippen molar-refractivity contribution < 1.29 is 9.15 Å². The molecule has 0 spiro atoms. The molecule has 20 heavy (non-hydrogen) atoms. The molecule has 0 fully saturated rings. The number of ether oxygens (including phenoxy) is 1. The van der Waals surface area contributed by atoms with E-state index in [0.29, 0.717) is 5.22 Å². The van der Waals surface area contributed by atoms with Crippen LogP contribution in [0.15, 0.2) is 40.8 Å². The molecule has 1 aromatic carbocycles. The Labute approximate surface area is 124 Å². The molecule has 0 bridgehead atoms. The number of nitrogens with one attached hydrogen (secondary N) is 1. The Hall–Kier alpha value is -1.45. The first-order valence-corrected chi connectivity index (χ1v) is 7.23. The van der Waals surface area contributed by atoms with Gasteiger partial charge in [0.25, 0.3) is 0 Å². The molecule has 1 aromatic heterocycles. The van der Waals surface area contributed by atoms with Gasteiger partial charge >= 0.3 is 0 Å². The minimum Gasteiger partial charge on any atom is -0.491 e. The van der Waals surface area contributed by atoms with Gasteiger partial charge in [-0.2, -0.15) is 0 Å². The fraction of sp³-hybridized carbons (Fsp3) is 0.375. The van der Waals surface area contributed by atoms with Crippen molar-refractivity contribution in [3.8, 4) is 5.75 Å². The summed E-state index contributed by atoms with van der Waals surface area (Å²) in [5, 5.41) is 3.80. The smallest absolute Gasteiger partial charge is 0.193 e. The third-order valence-corrected chi connectivity index (χ3v) is 3.05. The monoisotopic (exact) mass is 293 g/mol. The van der Waals surface area contributed by atoms with E-state index in [0.717, 1.165) is 23.6 Å². The Balaban J connectivity index is 2.29. The lowest BCUT2D eigenvalue weighted by molar-refractivity contribution is 0.242. The number of hydrogen-bond acceptors (Lipinski definition) is 3. The molecule has 2 rings (SSSR count). The summed E-state index contributed by atoms with van der Waals surface area (Å²) >= 11 is 5.87. The molecule has 0 saturated carbocycles. The fourth-order valence-electron chi connectivity index (χ4n) is 2.11. The number of hydrogen-bond donors (Lipinski definition) is 1. The normalized spacial score (nSPS) is 12.7. The lowest BCUT2D eigenvalue weighted by Gasteiger charge is -2.18. The standard InChI is InChI=1S/C16H20ClNO2/c1-4-18-16(14-8-9-15(17)20-14)12-6-5-7-13(10-12)19-11(2)3/h5-11,16,18H,4H2,1-3H3. The van der Waals surface area contributed by atoms with Crippen molar-refractivity contribution in [1.82, 2.24) is 5.32 Å². The number of rotatable bonds is 6. The van der Waals surface area contributed by atoms with E-state index < -0.39 is 0 Å². The lowest BCUT2D eigenvalue weighted by atomic mass is 10.0. The molecule has 0 saturated heterocycles. The van der Waals surface area contributed by atoms with E-state index in [1.54, 1.807) is 6.07 Å². The van der Waals surface area contributed by atoms with Gasteiger partial charge in [0.2, 0.25) is 0 Å². The quantitative estimate of drug-likeness (QED) is 0.856. The summed E-state index contributed by atoms with van der Waals surface area (Å²) in [6.07, 6.45) is 0.154. The molecule has 1 heterocycles. The van der Waals surface area contributed by atoms with E-state index in [9.17, 15) is 0 Å². The van der Waals surface area contributed by atoms with Crippen molar-refractivity contribution in [3.05, 3.63) is 52.9 Å². The lowest BCUT2D eigenvalue weighted by Crippen LogP contribution is -2.21. The van der Waals surface area contributed by atoms with Gasteiger partial charge in [-0.25, -0.2) is 0 Å². The molecule has 3 nitrogen and oxygen atoms in total. The summed E-state index contributed by atoms with van der Waals surface area (Å²) in [5.74, 6) is 1.66. The highest BCUT2D eigenvalue weighted by molar-refractivity contribution is 6.28. The van der Waals surface area contributed by atoms with Crippen molar-refractivity contribution in [2.24, 2.45) is 0 Å². The van der Waals surface area contributed by atoms with Crippen molar-refractivity contribution in [3.63, 3.8) is 0 Å². The Morgan fingerprint density at radius 1 is 1.25 bits per heavy atom. The highest BCUT2D eigenvalue weighted by Crippen LogP contribution is 2.28. The van der Waals surface area contributed by atoms with Crippen LogP contribution < -0.4 is 10.1 Å². The van der Waals surface area contributed by atoms with E-state index in [-0.39, 0.29) is 12.1 Å². The Bertz CT molecular complexity index is 551. The number of benzene rings is 1. The predicted octanol–water partition coefficient (Wildman–Crippen LogP) is 4.42. The molecule has 4 heteroatoms. The van der Waals surface area contributed by atoms with Gasteiger partial charge in [0.1, 0.15) is 11.5 Å². The van der Waals surface area contributed by atoms with Crippen LogP contribution in [0.2, 0.25) is 5.22 Å². The van der Waals surface area contributed by atoms with Crippen LogP contribution in [0.3, 0.4) is 0 Å². The van der Waals surface area contributed by atoms with Crippen molar-refractivity contribution in [1.29, 1.82) is 0 Å². The predicted molar refractivity (Wildman–Crippen MR) is 81.4 cm³/mol. The van der Waals surface area contributed by atoms with Crippen molar-refractivity contribution in [2.45, 2.75) is 32.9 Å². The number of furan rings is 1. The third kappa shape index (κ3) is 3.78. The third-order valence-electron chi connectivity index (χ3n) is 2.85. The maximum Gasteiger partial charge on any atom is 0.193 e. The second-order valence-electron chi connectivity index (χ2n) is 4.87. The summed E-state index contributed by atoms with van der Waals surface area (Å²) in [5.41, 5.74) is 1.09. The van der Waals surface area contributed by atoms with Gasteiger partial charge in [-0.3, -0.25) is 0 Å². The minimum absolute atomic E-state index is 0.0248. The van der Waals surface area contributed by atoms with Crippen LogP contribution in [0.4, 0.5) is 0 Å². The molecule has 0 radical (unpaired) electrons. The SMILES string of the molecule is CCNC(c1cccc(OC(C)C)c1)c1ccc(Cl)o1. The van der Waals surface area contributed by atoms with Crippen LogP contribution in [0.1, 0.15) is 38.1 Å². The molecule has 0 amide bonds. The van der Waals surface area contributed by atoms with Crippen molar-refractivity contribution >= 4 is 11.6 Å². The zero-order valence-electron chi connectivity index (χ0n) is 12.0. The van der Waals surface area contributed by atoms with Crippen molar-refractivity contribution in [2.75, 3.05) is 6.54 Å². The molecule has 108 valence electrons. The van der Waals surface area contributed by atoms with Gasteiger partial charge in [-0.05, 0) is 61.8 Å². The van der Waals surface area contributed by atoms with E-state index >= 15 is 0 Å². The van der Waals surface area contributed by atoms with Crippen LogP contribution >= 0.6 is 11.6 Å². The summed E-state index contributed by atoms with van der Waals surface area (Å²) in [7, 11) is 0. The van der Waals surface area contributed by atoms with E-state index in [2.05, 4.69) is 18.3 Å². The van der Waals surface area contributed by atoms with E-state index in [1.807, 2.05) is 38.1 Å². The highest BCUT2D eigenvalue weighted by atomic mass is 35.5. The topological polar surface area (TPSA) is 34.4 Å². The summed E-state index contributed by atoms with van der Waals surface area (Å²) in [6.45, 7) is 6.92. The summed E-state index contributed by atoms with van der Waals surface area (Å²) < 4.78 is 11.3.